The second-order valence-electron chi connectivity index (χ2n) is 5.95. The van der Waals surface area contributed by atoms with Crippen LogP contribution in [0.3, 0.4) is 0 Å². The Morgan fingerprint density at radius 3 is 2.88 bits per heavy atom. The molecule has 2 aromatic carbocycles. The number of fused-ring (bicyclic) bond motifs is 2. The quantitative estimate of drug-likeness (QED) is 0.836. The number of aliphatic hydroxyl groups is 1. The zero-order chi connectivity index (χ0) is 17.4. The van der Waals surface area contributed by atoms with E-state index in [0.29, 0.717) is 22.7 Å². The topological polar surface area (TPSA) is 84.9 Å². The first-order valence-electron chi connectivity index (χ1n) is 7.80. The largest absolute Gasteiger partial charge is 0.454 e. The van der Waals surface area contributed by atoms with Crippen molar-refractivity contribution in [1.29, 1.82) is 0 Å². The molecule has 4 rings (SSSR count). The van der Waals surface area contributed by atoms with Gasteiger partial charge in [0.1, 0.15) is 0 Å². The van der Waals surface area contributed by atoms with Crippen LogP contribution in [-0.4, -0.2) is 23.6 Å². The van der Waals surface area contributed by atoms with Crippen molar-refractivity contribution in [1.82, 2.24) is 0 Å². The van der Waals surface area contributed by atoms with Crippen molar-refractivity contribution in [2.75, 3.05) is 12.1 Å². The number of allylic oxidation sites excluding steroid dienone is 1. The van der Waals surface area contributed by atoms with Crippen molar-refractivity contribution >= 4 is 23.5 Å². The second kappa shape index (κ2) is 5.75. The first kappa shape index (κ1) is 15.4. The van der Waals surface area contributed by atoms with Gasteiger partial charge in [-0.25, -0.2) is 0 Å². The summed E-state index contributed by atoms with van der Waals surface area (Å²) in [5.41, 5.74) is -0.124. The van der Waals surface area contributed by atoms with E-state index in [4.69, 9.17) is 9.47 Å². The standard InChI is InChI=1S/C19H15NO5/c21-13(7-5-12-6-8-16-17(9-12)25-11-24-16)10-19(23)14-3-1-2-4-15(14)20-18(19)22/h1-9,23H,10-11H2,(H,20,22)/b7-5-/t19-/m0/s1. The van der Waals surface area contributed by atoms with Crippen molar-refractivity contribution in [3.8, 4) is 11.5 Å². The molecule has 25 heavy (non-hydrogen) atoms. The van der Waals surface area contributed by atoms with Crippen molar-refractivity contribution < 1.29 is 24.2 Å². The van der Waals surface area contributed by atoms with Crippen LogP contribution in [0.2, 0.25) is 0 Å². The number of benzene rings is 2. The highest BCUT2D eigenvalue weighted by Gasteiger charge is 2.46. The third-order valence-electron chi connectivity index (χ3n) is 4.28. The van der Waals surface area contributed by atoms with E-state index in [2.05, 4.69) is 5.32 Å². The van der Waals surface area contributed by atoms with Gasteiger partial charge in [-0.05, 0) is 29.8 Å². The summed E-state index contributed by atoms with van der Waals surface area (Å²) in [5.74, 6) is 0.347. The molecular weight excluding hydrogens is 322 g/mol. The van der Waals surface area contributed by atoms with Gasteiger partial charge in [-0.2, -0.15) is 0 Å². The molecule has 2 aliphatic heterocycles. The molecule has 2 N–H and O–H groups in total. The van der Waals surface area contributed by atoms with Gasteiger partial charge in [0.25, 0.3) is 5.91 Å². The molecule has 0 radical (unpaired) electrons. The van der Waals surface area contributed by atoms with Gasteiger partial charge in [0.2, 0.25) is 6.79 Å². The predicted molar refractivity (Wildman–Crippen MR) is 90.2 cm³/mol. The van der Waals surface area contributed by atoms with Crippen LogP contribution in [0.1, 0.15) is 17.5 Å². The maximum absolute atomic E-state index is 12.3. The molecule has 0 aliphatic carbocycles. The van der Waals surface area contributed by atoms with Gasteiger partial charge in [0.05, 0.1) is 6.42 Å². The number of ether oxygens (including phenoxy) is 2. The summed E-state index contributed by atoms with van der Waals surface area (Å²) in [7, 11) is 0. The summed E-state index contributed by atoms with van der Waals surface area (Å²) in [5, 5.41) is 13.3. The van der Waals surface area contributed by atoms with E-state index < -0.39 is 11.5 Å². The molecule has 0 saturated heterocycles. The smallest absolute Gasteiger partial charge is 0.261 e. The van der Waals surface area contributed by atoms with E-state index in [9.17, 15) is 14.7 Å². The molecule has 6 heteroatoms. The van der Waals surface area contributed by atoms with Gasteiger partial charge in [-0.15, -0.1) is 0 Å². The number of hydrogen-bond acceptors (Lipinski definition) is 5. The number of ketones is 1. The summed E-state index contributed by atoms with van der Waals surface area (Å²) in [6.45, 7) is 0.184. The maximum Gasteiger partial charge on any atom is 0.261 e. The summed E-state index contributed by atoms with van der Waals surface area (Å²) in [6.07, 6.45) is 2.65. The molecule has 126 valence electrons. The van der Waals surface area contributed by atoms with E-state index in [1.165, 1.54) is 6.08 Å². The molecule has 2 aliphatic rings. The fourth-order valence-corrected chi connectivity index (χ4v) is 2.99. The van der Waals surface area contributed by atoms with Crippen LogP contribution in [0, 0.1) is 0 Å². The molecule has 0 aromatic heterocycles. The molecule has 0 unspecified atom stereocenters. The van der Waals surface area contributed by atoms with Crippen molar-refractivity contribution in [2.45, 2.75) is 12.0 Å². The molecule has 2 heterocycles. The van der Waals surface area contributed by atoms with Gasteiger partial charge in [-0.1, -0.05) is 30.3 Å². The highest BCUT2D eigenvalue weighted by Crippen LogP contribution is 2.38. The van der Waals surface area contributed by atoms with Crippen molar-refractivity contribution in [2.24, 2.45) is 0 Å². The van der Waals surface area contributed by atoms with Gasteiger partial charge in [0, 0.05) is 11.3 Å². The summed E-state index contributed by atoms with van der Waals surface area (Å²) >= 11 is 0. The molecule has 0 bridgehead atoms. The zero-order valence-electron chi connectivity index (χ0n) is 13.2. The van der Waals surface area contributed by atoms with Crippen LogP contribution in [0.4, 0.5) is 5.69 Å². The first-order valence-corrected chi connectivity index (χ1v) is 7.80. The molecular formula is C19H15NO5. The Kier molecular flexibility index (Phi) is 3.54. The van der Waals surface area contributed by atoms with Crippen LogP contribution in [0.5, 0.6) is 11.5 Å². The SMILES string of the molecule is O=C(/C=C\c1ccc2c(c1)OCO2)C[C@@]1(O)C(=O)Nc2ccccc21. The average Bonchev–Trinajstić information content (AvgIpc) is 3.16. The third kappa shape index (κ3) is 2.66. The van der Waals surface area contributed by atoms with E-state index in [1.54, 1.807) is 48.5 Å². The van der Waals surface area contributed by atoms with Crippen LogP contribution >= 0.6 is 0 Å². The lowest BCUT2D eigenvalue weighted by Crippen LogP contribution is -2.36. The van der Waals surface area contributed by atoms with Gasteiger partial charge in [0.15, 0.2) is 22.9 Å². The Balaban J connectivity index is 1.51. The maximum atomic E-state index is 12.3. The highest BCUT2D eigenvalue weighted by atomic mass is 16.7. The Hall–Kier alpha value is -3.12. The fraction of sp³-hybridized carbons (Fsp3) is 0.158. The minimum atomic E-state index is -1.84. The normalized spacial score (nSPS) is 20.6. The molecule has 1 atom stereocenters. The number of rotatable bonds is 4. The van der Waals surface area contributed by atoms with Crippen LogP contribution in [0.15, 0.2) is 48.5 Å². The lowest BCUT2D eigenvalue weighted by Gasteiger charge is -2.18. The predicted octanol–water partition coefficient (Wildman–Crippen LogP) is 2.23. The molecule has 0 spiro atoms. The number of anilines is 1. The van der Waals surface area contributed by atoms with Crippen LogP contribution < -0.4 is 14.8 Å². The van der Waals surface area contributed by atoms with E-state index in [1.807, 2.05) is 0 Å². The first-order chi connectivity index (χ1) is 12.1. The Morgan fingerprint density at radius 1 is 1.20 bits per heavy atom. The van der Waals surface area contributed by atoms with Crippen molar-refractivity contribution in [3.05, 3.63) is 59.7 Å². The molecule has 1 amide bonds. The van der Waals surface area contributed by atoms with Gasteiger partial charge < -0.3 is 19.9 Å². The zero-order valence-corrected chi connectivity index (χ0v) is 13.2. The number of para-hydroxylation sites is 1. The minimum Gasteiger partial charge on any atom is -0.454 e. The Bertz CT molecular complexity index is 904. The Labute approximate surface area is 143 Å². The van der Waals surface area contributed by atoms with E-state index in [-0.39, 0.29) is 19.0 Å². The van der Waals surface area contributed by atoms with Crippen LogP contribution in [0.25, 0.3) is 6.08 Å². The number of nitrogens with one attached hydrogen (secondary N) is 1. The fourth-order valence-electron chi connectivity index (χ4n) is 2.99. The van der Waals surface area contributed by atoms with Crippen molar-refractivity contribution in [3.63, 3.8) is 0 Å². The number of amides is 1. The molecule has 0 fully saturated rings. The minimum absolute atomic E-state index is 0.184. The van der Waals surface area contributed by atoms with E-state index >= 15 is 0 Å². The number of carbonyl (C=O) groups is 2. The lowest BCUT2D eigenvalue weighted by molar-refractivity contribution is -0.138. The summed E-state index contributed by atoms with van der Waals surface area (Å²) in [6, 6.07) is 12.1. The van der Waals surface area contributed by atoms with Gasteiger partial charge >= 0.3 is 0 Å². The molecule has 6 nitrogen and oxygen atoms in total. The number of hydrogen-bond donors (Lipinski definition) is 2. The third-order valence-corrected chi connectivity index (χ3v) is 4.28. The van der Waals surface area contributed by atoms with E-state index in [0.717, 1.165) is 5.56 Å². The molecule has 0 saturated carbocycles. The van der Waals surface area contributed by atoms with Gasteiger partial charge in [-0.3, -0.25) is 9.59 Å². The summed E-state index contributed by atoms with van der Waals surface area (Å²) in [4.78, 5) is 24.4. The average molecular weight is 337 g/mol. The number of carbonyl (C=O) groups excluding carboxylic acids is 2. The molecule has 2 aromatic rings. The Morgan fingerprint density at radius 2 is 2.00 bits per heavy atom. The summed E-state index contributed by atoms with van der Waals surface area (Å²) < 4.78 is 10.5. The lowest BCUT2D eigenvalue weighted by atomic mass is 9.90. The van der Waals surface area contributed by atoms with Crippen LogP contribution in [-0.2, 0) is 15.2 Å². The highest BCUT2D eigenvalue weighted by molar-refractivity contribution is 6.08. The second-order valence-corrected chi connectivity index (χ2v) is 5.95. The monoisotopic (exact) mass is 337 g/mol.